The number of phenols is 1. The fraction of sp³-hybridized carbons (Fsp3) is 0.0909. The SMILES string of the molecule is Nc1c(S(=O)(=O)O)cc2cc(S(=O)(=O)O)cc(NC(=O)C3=CCCc4c(C=O)cccc43)c2c1O. The van der Waals surface area contributed by atoms with Gasteiger partial charge in [0.1, 0.15) is 16.9 Å². The first-order valence-corrected chi connectivity index (χ1v) is 12.8. The number of fused-ring (bicyclic) bond motifs is 2. The minimum absolute atomic E-state index is 0.183. The van der Waals surface area contributed by atoms with Crippen LogP contribution >= 0.6 is 0 Å². The summed E-state index contributed by atoms with van der Waals surface area (Å²) >= 11 is 0. The molecule has 0 bridgehead atoms. The quantitative estimate of drug-likeness (QED) is 0.144. The Morgan fingerprint density at radius 2 is 1.77 bits per heavy atom. The van der Waals surface area contributed by atoms with Crippen LogP contribution in [0.1, 0.15) is 27.9 Å². The lowest BCUT2D eigenvalue weighted by atomic mass is 9.87. The van der Waals surface area contributed by atoms with Crippen molar-refractivity contribution in [3.63, 3.8) is 0 Å². The first-order valence-electron chi connectivity index (χ1n) is 9.96. The van der Waals surface area contributed by atoms with Crippen LogP contribution in [-0.4, -0.2) is 43.2 Å². The second-order valence-corrected chi connectivity index (χ2v) is 10.6. The average Bonchev–Trinajstić information content (AvgIpc) is 2.78. The van der Waals surface area contributed by atoms with Crippen LogP contribution in [0.3, 0.4) is 0 Å². The Morgan fingerprint density at radius 3 is 2.40 bits per heavy atom. The van der Waals surface area contributed by atoms with Crippen LogP contribution < -0.4 is 11.1 Å². The molecule has 1 aliphatic rings. The van der Waals surface area contributed by atoms with Gasteiger partial charge in [0.25, 0.3) is 26.1 Å². The lowest BCUT2D eigenvalue weighted by molar-refractivity contribution is -0.111. The summed E-state index contributed by atoms with van der Waals surface area (Å²) in [7, 11) is -9.75. The minimum Gasteiger partial charge on any atom is -0.505 e. The fourth-order valence-electron chi connectivity index (χ4n) is 4.07. The Morgan fingerprint density at radius 1 is 1.06 bits per heavy atom. The molecule has 0 fully saturated rings. The number of aromatic hydroxyl groups is 1. The van der Waals surface area contributed by atoms with E-state index in [-0.39, 0.29) is 22.0 Å². The van der Waals surface area contributed by atoms with Crippen molar-refractivity contribution in [3.8, 4) is 5.75 Å². The van der Waals surface area contributed by atoms with Crippen LogP contribution in [0.5, 0.6) is 5.75 Å². The zero-order valence-electron chi connectivity index (χ0n) is 17.7. The maximum atomic E-state index is 13.2. The molecule has 6 N–H and O–H groups in total. The average molecular weight is 519 g/mol. The van der Waals surface area contributed by atoms with Gasteiger partial charge in [-0.3, -0.25) is 18.7 Å². The highest BCUT2D eigenvalue weighted by atomic mass is 32.2. The van der Waals surface area contributed by atoms with E-state index < -0.39 is 47.4 Å². The number of carbonyl (C=O) groups is 2. The molecule has 35 heavy (non-hydrogen) atoms. The number of phenolic OH excluding ortho intramolecular Hbond substituents is 1. The topological polar surface area (TPSA) is 201 Å². The molecule has 0 aromatic heterocycles. The van der Waals surface area contributed by atoms with Crippen molar-refractivity contribution < 1.29 is 40.6 Å². The number of benzene rings is 3. The molecule has 13 heteroatoms. The van der Waals surface area contributed by atoms with Crippen molar-refractivity contribution in [2.24, 2.45) is 0 Å². The van der Waals surface area contributed by atoms with Gasteiger partial charge in [0, 0.05) is 16.5 Å². The van der Waals surface area contributed by atoms with Crippen molar-refractivity contribution in [1.82, 2.24) is 0 Å². The van der Waals surface area contributed by atoms with Crippen LogP contribution in [0.25, 0.3) is 16.3 Å². The third kappa shape index (κ3) is 4.37. The molecular formula is C22H18N2O9S2. The van der Waals surface area contributed by atoms with Crippen LogP contribution in [0.15, 0.2) is 52.3 Å². The molecule has 0 heterocycles. The van der Waals surface area contributed by atoms with Gasteiger partial charge >= 0.3 is 0 Å². The highest BCUT2D eigenvalue weighted by Gasteiger charge is 2.26. The normalized spacial score (nSPS) is 13.7. The number of hydrogen-bond donors (Lipinski definition) is 5. The summed E-state index contributed by atoms with van der Waals surface area (Å²) in [5, 5.41) is 12.6. The molecule has 0 unspecified atom stereocenters. The molecule has 1 aliphatic carbocycles. The van der Waals surface area contributed by atoms with Crippen LogP contribution in [-0.2, 0) is 31.5 Å². The van der Waals surface area contributed by atoms with Crippen LogP contribution in [0, 0.1) is 0 Å². The van der Waals surface area contributed by atoms with Crippen LogP contribution in [0.4, 0.5) is 11.4 Å². The Hall–Kier alpha value is -3.78. The molecular weight excluding hydrogens is 500 g/mol. The van der Waals surface area contributed by atoms with E-state index in [1.165, 1.54) is 0 Å². The summed E-state index contributed by atoms with van der Waals surface area (Å²) in [4.78, 5) is 23.0. The van der Waals surface area contributed by atoms with Gasteiger partial charge in [0.05, 0.1) is 16.3 Å². The Labute approximate surface area is 199 Å². The van der Waals surface area contributed by atoms with E-state index in [0.717, 1.165) is 18.2 Å². The van der Waals surface area contributed by atoms with Crippen molar-refractivity contribution in [2.45, 2.75) is 22.6 Å². The zero-order chi connectivity index (χ0) is 25.7. The third-order valence-electron chi connectivity index (χ3n) is 5.63. The number of aldehydes is 1. The van der Waals surface area contributed by atoms with E-state index in [2.05, 4.69) is 5.32 Å². The number of nitrogens with one attached hydrogen (secondary N) is 1. The molecule has 182 valence electrons. The summed E-state index contributed by atoms with van der Waals surface area (Å²) in [6, 6.07) is 7.38. The van der Waals surface area contributed by atoms with Gasteiger partial charge in [-0.25, -0.2) is 0 Å². The van der Waals surface area contributed by atoms with Gasteiger partial charge in [0.15, 0.2) is 0 Å². The monoisotopic (exact) mass is 518 g/mol. The number of nitrogens with two attached hydrogens (primary N) is 1. The van der Waals surface area contributed by atoms with Gasteiger partial charge in [-0.2, -0.15) is 16.8 Å². The number of hydrogen-bond acceptors (Lipinski definition) is 8. The standard InChI is InChI=1S/C22H18N2O9S2/c23-20-18(35(31,32)33)8-12-7-13(34(28,29)30)9-17(19(12)21(20)26)24-22(27)16-6-2-4-14-11(10-25)3-1-5-15(14)16/h1,3,5-10,26H,2,4,23H2,(H,24,27)(H,28,29,30)(H,31,32,33). The summed E-state index contributed by atoms with van der Waals surface area (Å²) in [5.74, 6) is -1.56. The molecule has 0 atom stereocenters. The first-order chi connectivity index (χ1) is 16.3. The van der Waals surface area contributed by atoms with Gasteiger partial charge in [-0.1, -0.05) is 24.3 Å². The molecule has 4 rings (SSSR count). The van der Waals surface area contributed by atoms with Crippen molar-refractivity contribution in [1.29, 1.82) is 0 Å². The third-order valence-corrected chi connectivity index (χ3v) is 7.35. The number of carbonyl (C=O) groups excluding carboxylic acids is 2. The second kappa shape index (κ2) is 8.46. The molecule has 3 aromatic carbocycles. The lowest BCUT2D eigenvalue weighted by Crippen LogP contribution is -2.18. The van der Waals surface area contributed by atoms with E-state index in [1.807, 2.05) is 0 Å². The molecule has 0 spiro atoms. The molecule has 0 saturated carbocycles. The summed E-state index contributed by atoms with van der Waals surface area (Å²) in [6.45, 7) is 0. The van der Waals surface area contributed by atoms with Gasteiger partial charge in [0.2, 0.25) is 0 Å². The number of rotatable bonds is 5. The summed E-state index contributed by atoms with van der Waals surface area (Å²) < 4.78 is 66.0. The van der Waals surface area contributed by atoms with E-state index in [0.29, 0.717) is 35.8 Å². The van der Waals surface area contributed by atoms with E-state index in [1.54, 1.807) is 24.3 Å². The Balaban J connectivity index is 1.91. The van der Waals surface area contributed by atoms with Crippen molar-refractivity contribution in [2.75, 3.05) is 11.1 Å². The van der Waals surface area contributed by atoms with E-state index in [9.17, 15) is 40.6 Å². The number of anilines is 2. The second-order valence-electron chi connectivity index (χ2n) is 7.76. The fourth-order valence-corrected chi connectivity index (χ4v) is 5.26. The first kappa shape index (κ1) is 24.3. The number of allylic oxidation sites excluding steroid dienone is 1. The number of amides is 1. The highest BCUT2D eigenvalue weighted by molar-refractivity contribution is 7.86. The van der Waals surface area contributed by atoms with Gasteiger partial charge in [-0.05, 0) is 47.6 Å². The largest absolute Gasteiger partial charge is 0.505 e. The smallest absolute Gasteiger partial charge is 0.296 e. The summed E-state index contributed by atoms with van der Waals surface area (Å²) in [5.41, 5.74) is 6.41. The van der Waals surface area contributed by atoms with Crippen LogP contribution in [0.2, 0.25) is 0 Å². The van der Waals surface area contributed by atoms with Gasteiger partial charge in [-0.15, -0.1) is 0 Å². The van der Waals surface area contributed by atoms with Crippen molar-refractivity contribution >= 4 is 60.1 Å². The minimum atomic E-state index is -4.91. The molecule has 0 aliphatic heterocycles. The van der Waals surface area contributed by atoms with E-state index in [4.69, 9.17) is 5.73 Å². The maximum absolute atomic E-state index is 13.2. The molecule has 1 amide bonds. The lowest BCUT2D eigenvalue weighted by Gasteiger charge is -2.20. The molecule has 11 nitrogen and oxygen atoms in total. The molecule has 0 radical (unpaired) electrons. The van der Waals surface area contributed by atoms with E-state index >= 15 is 0 Å². The Kier molecular flexibility index (Phi) is 5.89. The zero-order valence-corrected chi connectivity index (χ0v) is 19.4. The predicted molar refractivity (Wildman–Crippen MR) is 126 cm³/mol. The molecule has 3 aromatic rings. The number of nitrogen functional groups attached to an aromatic ring is 1. The maximum Gasteiger partial charge on any atom is 0.296 e. The summed E-state index contributed by atoms with van der Waals surface area (Å²) in [6.07, 6.45) is 3.28. The van der Waals surface area contributed by atoms with Gasteiger partial charge < -0.3 is 16.2 Å². The molecule has 0 saturated heterocycles. The Bertz CT molecular complexity index is 1670. The highest BCUT2D eigenvalue weighted by Crippen LogP contribution is 2.42. The van der Waals surface area contributed by atoms with Crippen molar-refractivity contribution in [3.05, 3.63) is 59.2 Å². The predicted octanol–water partition coefficient (Wildman–Crippen LogP) is 2.40.